The second-order valence-electron chi connectivity index (χ2n) is 4.26. The van der Waals surface area contributed by atoms with Gasteiger partial charge in [0.1, 0.15) is 0 Å². The number of rotatable bonds is 1. The first-order valence-electron chi connectivity index (χ1n) is 5.45. The van der Waals surface area contributed by atoms with Gasteiger partial charge in [0.05, 0.1) is 25.8 Å². The van der Waals surface area contributed by atoms with Gasteiger partial charge in [0, 0.05) is 13.0 Å². The summed E-state index contributed by atoms with van der Waals surface area (Å²) in [6.07, 6.45) is 1.79. The van der Waals surface area contributed by atoms with Crippen molar-refractivity contribution in [3.63, 3.8) is 0 Å². The number of nitrogens with two attached hydrogens (primary N) is 1. The van der Waals surface area contributed by atoms with Gasteiger partial charge in [0.25, 0.3) is 0 Å². The zero-order valence-corrected chi connectivity index (χ0v) is 9.07. The summed E-state index contributed by atoms with van der Waals surface area (Å²) >= 11 is 0. The highest BCUT2D eigenvalue weighted by molar-refractivity contribution is 5.81. The Morgan fingerprint density at radius 1 is 1.47 bits per heavy atom. The Balaban J connectivity index is 2.00. The third-order valence-corrected chi connectivity index (χ3v) is 2.93. The maximum Gasteiger partial charge on any atom is 0.239 e. The molecule has 2 heterocycles. The van der Waals surface area contributed by atoms with Crippen LogP contribution in [0.2, 0.25) is 0 Å². The molecule has 0 aromatic heterocycles. The molecule has 0 bridgehead atoms. The van der Waals surface area contributed by atoms with Gasteiger partial charge in [0.2, 0.25) is 5.91 Å². The number of hydrogen-bond donors (Lipinski definition) is 1. The zero-order valence-electron chi connectivity index (χ0n) is 9.07. The van der Waals surface area contributed by atoms with Crippen LogP contribution in [0, 0.1) is 0 Å². The van der Waals surface area contributed by atoms with Crippen LogP contribution >= 0.6 is 0 Å². The molecule has 15 heavy (non-hydrogen) atoms. The molecule has 5 heteroatoms. The molecule has 0 unspecified atom stereocenters. The number of piperidine rings is 1. The lowest BCUT2D eigenvalue weighted by Gasteiger charge is -2.39. The van der Waals surface area contributed by atoms with Gasteiger partial charge < -0.3 is 20.1 Å². The highest BCUT2D eigenvalue weighted by atomic mass is 16.7. The van der Waals surface area contributed by atoms with Crippen LogP contribution in [0.25, 0.3) is 0 Å². The normalized spacial score (nSPS) is 26.9. The summed E-state index contributed by atoms with van der Waals surface area (Å²) < 4.78 is 11.2. The minimum absolute atomic E-state index is 0.0202. The van der Waals surface area contributed by atoms with E-state index < -0.39 is 11.8 Å². The second kappa shape index (κ2) is 4.08. The van der Waals surface area contributed by atoms with Crippen molar-refractivity contribution >= 4 is 5.91 Å². The molecule has 2 saturated heterocycles. The molecule has 2 N–H and O–H groups in total. The molecule has 0 saturated carbocycles. The molecule has 0 aromatic rings. The van der Waals surface area contributed by atoms with E-state index in [4.69, 9.17) is 15.2 Å². The van der Waals surface area contributed by atoms with Crippen LogP contribution in [-0.4, -0.2) is 48.9 Å². The Labute approximate surface area is 89.5 Å². The number of hydrogen-bond acceptors (Lipinski definition) is 4. The Hall–Kier alpha value is -0.650. The van der Waals surface area contributed by atoms with Crippen LogP contribution in [0.15, 0.2) is 0 Å². The summed E-state index contributed by atoms with van der Waals surface area (Å²) in [7, 11) is 0. The van der Waals surface area contributed by atoms with Crippen LogP contribution in [0.4, 0.5) is 0 Å². The van der Waals surface area contributed by atoms with E-state index in [0.717, 1.165) is 19.4 Å². The number of ether oxygens (including phenoxy) is 2. The molecule has 1 amide bonds. The third-order valence-electron chi connectivity index (χ3n) is 2.93. The first-order chi connectivity index (χ1) is 7.13. The summed E-state index contributed by atoms with van der Waals surface area (Å²) in [6, 6.07) is -0.443. The minimum atomic E-state index is -0.539. The summed E-state index contributed by atoms with van der Waals surface area (Å²) in [6.45, 7) is 4.24. The molecular weight excluding hydrogens is 196 g/mol. The molecule has 2 aliphatic heterocycles. The van der Waals surface area contributed by atoms with Gasteiger partial charge in [-0.05, 0) is 13.3 Å². The van der Waals surface area contributed by atoms with Crippen molar-refractivity contribution in [1.29, 1.82) is 0 Å². The van der Waals surface area contributed by atoms with Crippen LogP contribution < -0.4 is 5.73 Å². The van der Waals surface area contributed by atoms with Gasteiger partial charge in [-0.25, -0.2) is 0 Å². The second-order valence-corrected chi connectivity index (χ2v) is 4.26. The van der Waals surface area contributed by atoms with Crippen LogP contribution in [-0.2, 0) is 14.3 Å². The van der Waals surface area contributed by atoms with Crippen molar-refractivity contribution in [2.75, 3.05) is 26.3 Å². The van der Waals surface area contributed by atoms with E-state index in [1.807, 2.05) is 0 Å². The van der Waals surface area contributed by atoms with E-state index in [9.17, 15) is 4.79 Å². The van der Waals surface area contributed by atoms with Crippen molar-refractivity contribution in [2.24, 2.45) is 5.73 Å². The van der Waals surface area contributed by atoms with Crippen molar-refractivity contribution < 1.29 is 14.3 Å². The van der Waals surface area contributed by atoms with Crippen molar-refractivity contribution in [2.45, 2.75) is 31.6 Å². The Kier molecular flexibility index (Phi) is 2.95. The van der Waals surface area contributed by atoms with Crippen LogP contribution in [0.1, 0.15) is 19.8 Å². The third kappa shape index (κ3) is 2.14. The molecule has 2 aliphatic rings. The fourth-order valence-electron chi connectivity index (χ4n) is 2.20. The predicted octanol–water partition coefficient (Wildman–Crippen LogP) is -0.301. The Bertz CT molecular complexity index is 249. The van der Waals surface area contributed by atoms with Crippen LogP contribution in [0.3, 0.4) is 0 Å². The lowest BCUT2D eigenvalue weighted by molar-refractivity contribution is -0.193. The first kappa shape index (κ1) is 10.9. The molecule has 1 spiro atoms. The van der Waals surface area contributed by atoms with E-state index in [-0.39, 0.29) is 5.91 Å². The lowest BCUT2D eigenvalue weighted by Crippen LogP contribution is -2.54. The van der Waals surface area contributed by atoms with E-state index in [2.05, 4.69) is 0 Å². The van der Waals surface area contributed by atoms with Gasteiger partial charge in [-0.15, -0.1) is 0 Å². The number of likely N-dealkylation sites (tertiary alicyclic amines) is 1. The first-order valence-corrected chi connectivity index (χ1v) is 5.45. The molecule has 0 aromatic carbocycles. The molecule has 5 nitrogen and oxygen atoms in total. The van der Waals surface area contributed by atoms with Gasteiger partial charge in [0.15, 0.2) is 5.79 Å². The summed E-state index contributed by atoms with van der Waals surface area (Å²) in [5, 5.41) is 0. The van der Waals surface area contributed by atoms with Gasteiger partial charge in [-0.2, -0.15) is 0 Å². The maximum atomic E-state index is 11.7. The lowest BCUT2D eigenvalue weighted by atomic mass is 10.0. The van der Waals surface area contributed by atoms with E-state index >= 15 is 0 Å². The van der Waals surface area contributed by atoms with Crippen LogP contribution in [0.5, 0.6) is 0 Å². The number of carbonyl (C=O) groups excluding carboxylic acids is 1. The smallest absolute Gasteiger partial charge is 0.239 e. The number of nitrogens with zero attached hydrogens (tertiary/aromatic N) is 1. The van der Waals surface area contributed by atoms with Crippen molar-refractivity contribution in [3.05, 3.63) is 0 Å². The standard InChI is InChI=1S/C10H18N2O3/c1-8(11)9(13)12-4-2-3-10(7-12)14-5-6-15-10/h8H,2-7,11H2,1H3/t8-/m1/s1. The largest absolute Gasteiger partial charge is 0.346 e. The summed E-state index contributed by atoms with van der Waals surface area (Å²) in [4.78, 5) is 13.5. The highest BCUT2D eigenvalue weighted by Crippen LogP contribution is 2.30. The number of carbonyl (C=O) groups is 1. The van der Waals surface area contributed by atoms with Crippen molar-refractivity contribution in [3.8, 4) is 0 Å². The molecule has 1 atom stereocenters. The van der Waals surface area contributed by atoms with E-state index in [1.54, 1.807) is 11.8 Å². The van der Waals surface area contributed by atoms with E-state index in [1.165, 1.54) is 0 Å². The fraction of sp³-hybridized carbons (Fsp3) is 0.900. The number of amides is 1. The average Bonchev–Trinajstić information content (AvgIpc) is 2.65. The molecule has 2 rings (SSSR count). The van der Waals surface area contributed by atoms with Gasteiger partial charge >= 0.3 is 0 Å². The van der Waals surface area contributed by atoms with Gasteiger partial charge in [-0.1, -0.05) is 0 Å². The Morgan fingerprint density at radius 2 is 2.13 bits per heavy atom. The molecular formula is C10H18N2O3. The quantitative estimate of drug-likeness (QED) is 0.651. The van der Waals surface area contributed by atoms with Gasteiger partial charge in [-0.3, -0.25) is 4.79 Å². The Morgan fingerprint density at radius 3 is 2.73 bits per heavy atom. The topological polar surface area (TPSA) is 64.8 Å². The zero-order chi connectivity index (χ0) is 10.9. The summed E-state index contributed by atoms with van der Waals surface area (Å²) in [5.41, 5.74) is 5.58. The fourth-order valence-corrected chi connectivity index (χ4v) is 2.20. The highest BCUT2D eigenvalue weighted by Gasteiger charge is 2.42. The molecule has 0 aliphatic carbocycles. The maximum absolute atomic E-state index is 11.7. The molecule has 86 valence electrons. The summed E-state index contributed by atoms with van der Waals surface area (Å²) in [5.74, 6) is -0.559. The minimum Gasteiger partial charge on any atom is -0.346 e. The molecule has 0 radical (unpaired) electrons. The van der Waals surface area contributed by atoms with E-state index in [0.29, 0.717) is 19.8 Å². The van der Waals surface area contributed by atoms with Crippen molar-refractivity contribution in [1.82, 2.24) is 4.90 Å². The average molecular weight is 214 g/mol. The predicted molar refractivity (Wildman–Crippen MR) is 54.1 cm³/mol. The molecule has 2 fully saturated rings. The SMILES string of the molecule is C[C@@H](N)C(=O)N1CCCC2(C1)OCCO2. The monoisotopic (exact) mass is 214 g/mol.